The molecule has 0 unspecified atom stereocenters. The Morgan fingerprint density at radius 2 is 2.14 bits per heavy atom. The Morgan fingerprint density at radius 3 is 2.71 bits per heavy atom. The molecule has 2 heterocycles. The van der Waals surface area contributed by atoms with E-state index in [1.807, 2.05) is 13.8 Å². The number of carbonyl (C=O) groups is 2. The fraction of sp³-hybridized carbons (Fsp3) is 0.286. The largest absolute Gasteiger partial charge is 0.462 e. The summed E-state index contributed by atoms with van der Waals surface area (Å²) in [4.78, 5) is 25.2. The molecule has 2 aromatic rings. The minimum Gasteiger partial charge on any atom is -0.462 e. The smallest absolute Gasteiger partial charge is 0.341 e. The highest BCUT2D eigenvalue weighted by atomic mass is 79.9. The van der Waals surface area contributed by atoms with Crippen LogP contribution in [-0.2, 0) is 4.74 Å². The second-order valence-corrected chi connectivity index (χ2v) is 6.21. The van der Waals surface area contributed by atoms with E-state index < -0.39 is 5.97 Å². The Labute approximate surface area is 134 Å². The first-order valence-electron chi connectivity index (χ1n) is 6.27. The minimum absolute atomic E-state index is 0.286. The van der Waals surface area contributed by atoms with Crippen molar-refractivity contribution in [2.24, 2.45) is 0 Å². The van der Waals surface area contributed by atoms with Crippen molar-refractivity contribution in [2.75, 3.05) is 11.9 Å². The molecule has 0 atom stereocenters. The van der Waals surface area contributed by atoms with E-state index in [9.17, 15) is 9.59 Å². The molecule has 0 spiro atoms. The van der Waals surface area contributed by atoms with Gasteiger partial charge in [-0.15, -0.1) is 11.3 Å². The lowest BCUT2D eigenvalue weighted by atomic mass is 10.1. The van der Waals surface area contributed by atoms with Gasteiger partial charge in [0.05, 0.1) is 24.0 Å². The Balaban J connectivity index is 2.32. The second kappa shape index (κ2) is 6.44. The maximum atomic E-state index is 12.2. The van der Waals surface area contributed by atoms with Gasteiger partial charge in [-0.3, -0.25) is 4.79 Å². The predicted molar refractivity (Wildman–Crippen MR) is 84.1 cm³/mol. The lowest BCUT2D eigenvalue weighted by Crippen LogP contribution is -2.14. The molecule has 0 radical (unpaired) electrons. The summed E-state index contributed by atoms with van der Waals surface area (Å²) >= 11 is 4.50. The SMILES string of the molecule is CCOC(=O)c1c(NC(=O)c2ccoc2Br)sc(C)c1C. The number of esters is 1. The molecule has 0 aliphatic rings. The van der Waals surface area contributed by atoms with Crippen molar-refractivity contribution < 1.29 is 18.7 Å². The van der Waals surface area contributed by atoms with Crippen LogP contribution in [0.3, 0.4) is 0 Å². The Hall–Kier alpha value is -1.60. The average Bonchev–Trinajstić information content (AvgIpc) is 2.95. The third-order valence-electron chi connectivity index (χ3n) is 2.95. The number of anilines is 1. The molecule has 0 fully saturated rings. The van der Waals surface area contributed by atoms with Crippen LogP contribution < -0.4 is 5.32 Å². The summed E-state index contributed by atoms with van der Waals surface area (Å²) < 4.78 is 10.4. The number of rotatable bonds is 4. The minimum atomic E-state index is -0.430. The van der Waals surface area contributed by atoms with Crippen molar-refractivity contribution in [1.82, 2.24) is 0 Å². The molecule has 7 heteroatoms. The highest BCUT2D eigenvalue weighted by Gasteiger charge is 2.23. The first kappa shape index (κ1) is 15.8. The molecule has 0 aromatic carbocycles. The first-order valence-corrected chi connectivity index (χ1v) is 7.88. The van der Waals surface area contributed by atoms with Crippen molar-refractivity contribution >= 4 is 44.1 Å². The number of hydrogen-bond donors (Lipinski definition) is 1. The predicted octanol–water partition coefficient (Wildman–Crippen LogP) is 4.15. The summed E-state index contributed by atoms with van der Waals surface area (Å²) in [7, 11) is 0. The monoisotopic (exact) mass is 371 g/mol. The summed E-state index contributed by atoms with van der Waals surface area (Å²) in [5.74, 6) is -0.775. The van der Waals surface area contributed by atoms with Crippen LogP contribution in [0, 0.1) is 13.8 Å². The summed E-state index contributed by atoms with van der Waals surface area (Å²) in [5, 5.41) is 3.23. The van der Waals surface area contributed by atoms with E-state index >= 15 is 0 Å². The van der Waals surface area contributed by atoms with Crippen LogP contribution in [0.1, 0.15) is 38.1 Å². The Morgan fingerprint density at radius 1 is 1.43 bits per heavy atom. The van der Waals surface area contributed by atoms with E-state index in [2.05, 4.69) is 21.2 Å². The molecule has 0 saturated carbocycles. The van der Waals surface area contributed by atoms with Gasteiger partial charge in [0.15, 0.2) is 4.67 Å². The number of carbonyl (C=O) groups excluding carboxylic acids is 2. The number of furan rings is 1. The Bertz CT molecular complexity index is 689. The molecular weight excluding hydrogens is 358 g/mol. The van der Waals surface area contributed by atoms with Crippen LogP contribution in [0.4, 0.5) is 5.00 Å². The molecule has 5 nitrogen and oxygen atoms in total. The topological polar surface area (TPSA) is 68.5 Å². The van der Waals surface area contributed by atoms with Gasteiger partial charge in [-0.1, -0.05) is 0 Å². The zero-order chi connectivity index (χ0) is 15.6. The Kier molecular flexibility index (Phi) is 4.84. The highest BCUT2D eigenvalue weighted by molar-refractivity contribution is 9.10. The van der Waals surface area contributed by atoms with Gasteiger partial charge in [0.1, 0.15) is 5.00 Å². The molecule has 112 valence electrons. The van der Waals surface area contributed by atoms with Crippen molar-refractivity contribution in [3.8, 4) is 0 Å². The molecule has 0 aliphatic heterocycles. The first-order chi connectivity index (χ1) is 9.95. The van der Waals surface area contributed by atoms with Gasteiger partial charge >= 0.3 is 5.97 Å². The number of aryl methyl sites for hydroxylation is 1. The van der Waals surface area contributed by atoms with Crippen molar-refractivity contribution in [2.45, 2.75) is 20.8 Å². The highest BCUT2D eigenvalue weighted by Crippen LogP contribution is 2.33. The van der Waals surface area contributed by atoms with Gasteiger partial charge in [0.25, 0.3) is 5.91 Å². The maximum absolute atomic E-state index is 12.2. The van der Waals surface area contributed by atoms with Crippen molar-refractivity contribution in [3.63, 3.8) is 0 Å². The molecule has 0 aliphatic carbocycles. The van der Waals surface area contributed by atoms with E-state index in [0.29, 0.717) is 20.8 Å². The molecule has 2 aromatic heterocycles. The van der Waals surface area contributed by atoms with E-state index in [4.69, 9.17) is 9.15 Å². The van der Waals surface area contributed by atoms with Crippen LogP contribution in [-0.4, -0.2) is 18.5 Å². The van der Waals surface area contributed by atoms with Crippen LogP contribution in [0.5, 0.6) is 0 Å². The lowest BCUT2D eigenvalue weighted by Gasteiger charge is -2.06. The molecule has 2 rings (SSSR count). The number of amides is 1. The van der Waals surface area contributed by atoms with Gasteiger partial charge in [-0.2, -0.15) is 0 Å². The van der Waals surface area contributed by atoms with Gasteiger partial charge in [0.2, 0.25) is 0 Å². The van der Waals surface area contributed by atoms with E-state index in [0.717, 1.165) is 10.4 Å². The normalized spacial score (nSPS) is 10.5. The molecule has 1 amide bonds. The van der Waals surface area contributed by atoms with E-state index in [1.54, 1.807) is 13.0 Å². The van der Waals surface area contributed by atoms with Crippen LogP contribution in [0.2, 0.25) is 0 Å². The fourth-order valence-corrected chi connectivity index (χ4v) is 3.25. The van der Waals surface area contributed by atoms with Crippen LogP contribution >= 0.6 is 27.3 Å². The van der Waals surface area contributed by atoms with Gasteiger partial charge < -0.3 is 14.5 Å². The summed E-state index contributed by atoms with van der Waals surface area (Å²) in [5.41, 5.74) is 1.60. The third kappa shape index (κ3) is 3.19. The fourth-order valence-electron chi connectivity index (χ4n) is 1.79. The number of nitrogens with one attached hydrogen (secondary N) is 1. The van der Waals surface area contributed by atoms with Crippen LogP contribution in [0.25, 0.3) is 0 Å². The summed E-state index contributed by atoms with van der Waals surface area (Å²) in [6.07, 6.45) is 1.41. The second-order valence-electron chi connectivity index (χ2n) is 4.27. The van der Waals surface area contributed by atoms with Gasteiger partial charge in [0, 0.05) is 4.88 Å². The van der Waals surface area contributed by atoms with Crippen LogP contribution in [0.15, 0.2) is 21.4 Å². The third-order valence-corrected chi connectivity index (χ3v) is 4.69. The lowest BCUT2D eigenvalue weighted by molar-refractivity contribution is 0.0527. The van der Waals surface area contributed by atoms with E-state index in [-0.39, 0.29) is 12.5 Å². The summed E-state index contributed by atoms with van der Waals surface area (Å²) in [6, 6.07) is 1.55. The standard InChI is InChI=1S/C14H14BrNO4S/c1-4-19-14(18)10-7(2)8(3)21-13(10)16-12(17)9-5-6-20-11(9)15/h5-6H,4H2,1-3H3,(H,16,17). The quantitative estimate of drug-likeness (QED) is 0.819. The van der Waals surface area contributed by atoms with Gasteiger partial charge in [-0.05, 0) is 48.3 Å². The molecule has 0 saturated heterocycles. The molecule has 21 heavy (non-hydrogen) atoms. The van der Waals surface area contributed by atoms with Crippen molar-refractivity contribution in [1.29, 1.82) is 0 Å². The van der Waals surface area contributed by atoms with Gasteiger partial charge in [-0.25, -0.2) is 4.79 Å². The molecule has 0 bridgehead atoms. The van der Waals surface area contributed by atoms with Crippen molar-refractivity contribution in [3.05, 3.63) is 38.6 Å². The zero-order valence-corrected chi connectivity index (χ0v) is 14.2. The summed E-state index contributed by atoms with van der Waals surface area (Å²) in [6.45, 7) is 5.76. The molecular formula is C14H14BrNO4S. The maximum Gasteiger partial charge on any atom is 0.341 e. The zero-order valence-electron chi connectivity index (χ0n) is 11.8. The number of halogens is 1. The van der Waals surface area contributed by atoms with E-state index in [1.165, 1.54) is 17.6 Å². The number of hydrogen-bond acceptors (Lipinski definition) is 5. The molecule has 1 N–H and O–H groups in total. The number of thiophene rings is 1. The average molecular weight is 372 g/mol. The number of ether oxygens (including phenoxy) is 1.